The molecule has 0 radical (unpaired) electrons. The van der Waals surface area contributed by atoms with Gasteiger partial charge in [0.05, 0.1) is 0 Å². The first-order chi connectivity index (χ1) is 6.79. The lowest BCUT2D eigenvalue weighted by Gasteiger charge is -2.26. The van der Waals surface area contributed by atoms with Crippen molar-refractivity contribution in [1.82, 2.24) is 0 Å². The molecule has 0 aromatic rings. The Kier molecular flexibility index (Phi) is 9.49. The normalized spacial score (nSPS) is 13.5. The molecule has 0 aliphatic heterocycles. The predicted octanol–water partition coefficient (Wildman–Crippen LogP) is 4.00. The monoisotopic (exact) mass is 200 g/mol. The molecule has 0 spiro atoms. The van der Waals surface area contributed by atoms with Crippen LogP contribution in [0, 0.1) is 11.8 Å². The van der Waals surface area contributed by atoms with Gasteiger partial charge in [-0.1, -0.05) is 59.3 Å². The molecule has 0 bridgehead atoms. The highest BCUT2D eigenvalue weighted by molar-refractivity contribution is 4.69. The van der Waals surface area contributed by atoms with Gasteiger partial charge in [-0.25, -0.2) is 0 Å². The van der Waals surface area contributed by atoms with E-state index in [1.165, 1.54) is 38.5 Å². The molecule has 1 unspecified atom stereocenters. The molecule has 1 heteroatoms. The summed E-state index contributed by atoms with van der Waals surface area (Å²) in [6.07, 6.45) is 8.84. The zero-order valence-corrected chi connectivity index (χ0v) is 10.3. The summed E-state index contributed by atoms with van der Waals surface area (Å²) >= 11 is 0. The molecule has 0 aliphatic carbocycles. The van der Waals surface area contributed by atoms with Crippen molar-refractivity contribution in [2.45, 2.75) is 65.7 Å². The summed E-state index contributed by atoms with van der Waals surface area (Å²) in [7, 11) is 0. The average molecular weight is 200 g/mol. The zero-order valence-electron chi connectivity index (χ0n) is 10.3. The molecule has 0 saturated carbocycles. The van der Waals surface area contributed by atoms with Gasteiger partial charge in [-0.2, -0.15) is 0 Å². The maximum Gasteiger partial charge on any atom is 0.0433 e. The Bertz CT molecular complexity index is 85.8. The van der Waals surface area contributed by atoms with E-state index in [1.54, 1.807) is 0 Å². The molecular weight excluding hydrogens is 172 g/mol. The van der Waals surface area contributed by atoms with Gasteiger partial charge in [0.2, 0.25) is 0 Å². The molecule has 0 aliphatic rings. The third-order valence-electron chi connectivity index (χ3n) is 3.14. The van der Waals surface area contributed by atoms with Crippen LogP contribution in [0.3, 0.4) is 0 Å². The molecule has 0 amide bonds. The Hall–Kier alpha value is -0.0400. The number of aliphatic hydroxyl groups is 1. The average Bonchev–Trinajstić information content (AvgIpc) is 2.17. The van der Waals surface area contributed by atoms with Crippen molar-refractivity contribution in [3.63, 3.8) is 0 Å². The molecule has 0 aromatic heterocycles. The van der Waals surface area contributed by atoms with Crippen LogP contribution in [0.25, 0.3) is 0 Å². The Labute approximate surface area is 89.9 Å². The first-order valence-corrected chi connectivity index (χ1v) is 6.40. The van der Waals surface area contributed by atoms with Gasteiger partial charge in [-0.05, 0) is 18.3 Å². The number of hydrogen-bond acceptors (Lipinski definition) is 1. The van der Waals surface area contributed by atoms with Crippen molar-refractivity contribution in [3.8, 4) is 0 Å². The Morgan fingerprint density at radius 2 is 1.07 bits per heavy atom. The summed E-state index contributed by atoms with van der Waals surface area (Å²) in [5.74, 6) is 1.63. The fourth-order valence-electron chi connectivity index (χ4n) is 2.51. The van der Waals surface area contributed by atoms with E-state index < -0.39 is 0 Å². The maximum absolute atomic E-state index is 9.05. The molecule has 1 atom stereocenters. The summed E-state index contributed by atoms with van der Waals surface area (Å²) < 4.78 is 0. The summed E-state index contributed by atoms with van der Waals surface area (Å²) in [5.41, 5.74) is 0. The van der Waals surface area contributed by atoms with Gasteiger partial charge in [0.1, 0.15) is 0 Å². The van der Waals surface area contributed by atoms with Crippen molar-refractivity contribution >= 4 is 0 Å². The highest BCUT2D eigenvalue weighted by atomic mass is 16.3. The lowest BCUT2D eigenvalue weighted by atomic mass is 9.80. The molecule has 0 rings (SSSR count). The first-order valence-electron chi connectivity index (χ1n) is 6.40. The van der Waals surface area contributed by atoms with Gasteiger partial charge >= 0.3 is 0 Å². The molecule has 1 N–H and O–H groups in total. The lowest BCUT2D eigenvalue weighted by molar-refractivity contribution is 0.194. The van der Waals surface area contributed by atoms with Crippen LogP contribution in [0.5, 0.6) is 0 Å². The fourth-order valence-corrected chi connectivity index (χ4v) is 2.51. The summed E-state index contributed by atoms with van der Waals surface area (Å²) in [5, 5.41) is 9.05. The largest absolute Gasteiger partial charge is 0.396 e. The van der Waals surface area contributed by atoms with Gasteiger partial charge in [0.15, 0.2) is 0 Å². The van der Waals surface area contributed by atoms with Crippen molar-refractivity contribution in [2.24, 2.45) is 11.8 Å². The quantitative estimate of drug-likeness (QED) is 0.596. The van der Waals surface area contributed by atoms with Crippen LogP contribution in [0.4, 0.5) is 0 Å². The Morgan fingerprint density at radius 3 is 1.36 bits per heavy atom. The van der Waals surface area contributed by atoms with Gasteiger partial charge < -0.3 is 5.11 Å². The second-order valence-corrected chi connectivity index (χ2v) is 4.40. The zero-order chi connectivity index (χ0) is 10.8. The number of hydrogen-bond donors (Lipinski definition) is 1. The van der Waals surface area contributed by atoms with Gasteiger partial charge in [0.25, 0.3) is 0 Å². The molecule has 0 fully saturated rings. The minimum atomic E-state index is 0.370. The SMILES string of the molecule is CCCC(CCC)C(CCC)CCO. The Balaban J connectivity index is 4.06. The van der Waals surface area contributed by atoms with Gasteiger partial charge in [0, 0.05) is 6.61 Å². The molecular formula is C13H28O. The van der Waals surface area contributed by atoms with E-state index in [9.17, 15) is 0 Å². The number of aliphatic hydroxyl groups excluding tert-OH is 1. The fraction of sp³-hybridized carbons (Fsp3) is 1.00. The molecule has 14 heavy (non-hydrogen) atoms. The van der Waals surface area contributed by atoms with E-state index >= 15 is 0 Å². The topological polar surface area (TPSA) is 20.2 Å². The second kappa shape index (κ2) is 9.51. The first kappa shape index (κ1) is 14.0. The number of rotatable bonds is 9. The van der Waals surface area contributed by atoms with Gasteiger partial charge in [-0.3, -0.25) is 0 Å². The third kappa shape index (κ3) is 5.64. The van der Waals surface area contributed by atoms with E-state index in [-0.39, 0.29) is 0 Å². The maximum atomic E-state index is 9.05. The van der Waals surface area contributed by atoms with Crippen LogP contribution >= 0.6 is 0 Å². The molecule has 86 valence electrons. The highest BCUT2D eigenvalue weighted by Gasteiger charge is 2.18. The standard InChI is InChI=1S/C13H28O/c1-4-7-12(8-5-2)13(9-6-3)10-11-14/h12-14H,4-11H2,1-3H3. The molecule has 0 aromatic carbocycles. The predicted molar refractivity (Wildman–Crippen MR) is 63.4 cm³/mol. The van der Waals surface area contributed by atoms with E-state index in [0.717, 1.165) is 18.3 Å². The van der Waals surface area contributed by atoms with E-state index in [1.807, 2.05) is 0 Å². The Morgan fingerprint density at radius 1 is 0.714 bits per heavy atom. The smallest absolute Gasteiger partial charge is 0.0433 e. The summed E-state index contributed by atoms with van der Waals surface area (Å²) in [6, 6.07) is 0. The van der Waals surface area contributed by atoms with Crippen LogP contribution < -0.4 is 0 Å². The van der Waals surface area contributed by atoms with Crippen LogP contribution in [-0.4, -0.2) is 11.7 Å². The highest BCUT2D eigenvalue weighted by Crippen LogP contribution is 2.29. The summed E-state index contributed by atoms with van der Waals surface area (Å²) in [6.45, 7) is 7.16. The van der Waals surface area contributed by atoms with Crippen molar-refractivity contribution < 1.29 is 5.11 Å². The van der Waals surface area contributed by atoms with E-state index in [0.29, 0.717) is 6.61 Å². The van der Waals surface area contributed by atoms with E-state index in [2.05, 4.69) is 20.8 Å². The second-order valence-electron chi connectivity index (χ2n) is 4.40. The molecule has 1 nitrogen and oxygen atoms in total. The lowest BCUT2D eigenvalue weighted by Crippen LogP contribution is -2.16. The van der Waals surface area contributed by atoms with Crippen LogP contribution in [0.15, 0.2) is 0 Å². The minimum absolute atomic E-state index is 0.370. The minimum Gasteiger partial charge on any atom is -0.396 e. The third-order valence-corrected chi connectivity index (χ3v) is 3.14. The van der Waals surface area contributed by atoms with Crippen molar-refractivity contribution in [3.05, 3.63) is 0 Å². The van der Waals surface area contributed by atoms with Gasteiger partial charge in [-0.15, -0.1) is 0 Å². The van der Waals surface area contributed by atoms with Crippen molar-refractivity contribution in [1.29, 1.82) is 0 Å². The van der Waals surface area contributed by atoms with E-state index in [4.69, 9.17) is 5.11 Å². The van der Waals surface area contributed by atoms with Crippen molar-refractivity contribution in [2.75, 3.05) is 6.61 Å². The van der Waals surface area contributed by atoms with Crippen LogP contribution in [0.2, 0.25) is 0 Å². The molecule has 0 saturated heterocycles. The van der Waals surface area contributed by atoms with Crippen LogP contribution in [0.1, 0.15) is 65.7 Å². The van der Waals surface area contributed by atoms with Crippen LogP contribution in [-0.2, 0) is 0 Å². The molecule has 0 heterocycles. The summed E-state index contributed by atoms with van der Waals surface area (Å²) in [4.78, 5) is 0.